The van der Waals surface area contributed by atoms with Crippen molar-refractivity contribution >= 4 is 34.5 Å². The second-order valence-corrected chi connectivity index (χ2v) is 8.23. The maximum atomic E-state index is 13.1. The third kappa shape index (κ3) is 5.98. The summed E-state index contributed by atoms with van der Waals surface area (Å²) in [7, 11) is 3.00. The molecule has 1 atom stereocenters. The van der Waals surface area contributed by atoms with E-state index in [0.717, 1.165) is 29.5 Å². The summed E-state index contributed by atoms with van der Waals surface area (Å²) in [6.45, 7) is 0.138. The molecule has 0 saturated carbocycles. The van der Waals surface area contributed by atoms with Crippen LogP contribution in [-0.2, 0) is 22.2 Å². The van der Waals surface area contributed by atoms with Gasteiger partial charge < -0.3 is 19.4 Å². The molecule has 3 rings (SSSR count). The van der Waals surface area contributed by atoms with Crippen LogP contribution in [0.2, 0.25) is 0 Å². The summed E-state index contributed by atoms with van der Waals surface area (Å²) in [4.78, 5) is 29.5. The Morgan fingerprint density at radius 3 is 2.55 bits per heavy atom. The van der Waals surface area contributed by atoms with Gasteiger partial charge in [0.15, 0.2) is 16.7 Å². The van der Waals surface area contributed by atoms with Gasteiger partial charge in [0.2, 0.25) is 5.91 Å². The Hall–Kier alpha value is -3.21. The molecule has 0 radical (unpaired) electrons. The SMILES string of the molecule is COc1ccc(CCN2C(=O)C[C@@H](C(=O)[O-])SC2=Nc2cccc(C(F)(F)F)c2)cc1OC. The summed E-state index contributed by atoms with van der Waals surface area (Å²) in [5.74, 6) is -0.905. The number of aliphatic imine (C=N–C) groups is 1. The lowest BCUT2D eigenvalue weighted by Gasteiger charge is -2.32. The number of nitrogens with zero attached hydrogens (tertiary/aromatic N) is 2. The smallest absolute Gasteiger partial charge is 0.416 e. The van der Waals surface area contributed by atoms with Crippen LogP contribution in [0.4, 0.5) is 18.9 Å². The van der Waals surface area contributed by atoms with Crippen LogP contribution in [0.25, 0.3) is 0 Å². The van der Waals surface area contributed by atoms with E-state index in [-0.39, 0.29) is 23.8 Å². The summed E-state index contributed by atoms with van der Waals surface area (Å²) in [5, 5.41) is 10.2. The molecule has 1 aliphatic rings. The number of hydrogen-bond donors (Lipinski definition) is 0. The molecule has 0 aliphatic carbocycles. The molecule has 1 amide bonds. The molecular weight excluding hydrogens is 461 g/mol. The zero-order valence-electron chi connectivity index (χ0n) is 17.7. The van der Waals surface area contributed by atoms with Crippen molar-refractivity contribution in [2.75, 3.05) is 20.8 Å². The van der Waals surface area contributed by atoms with Crippen molar-refractivity contribution < 1.29 is 37.3 Å². The number of carbonyl (C=O) groups is 2. The molecule has 0 N–H and O–H groups in total. The molecule has 1 fully saturated rings. The molecule has 11 heteroatoms. The van der Waals surface area contributed by atoms with Crippen molar-refractivity contribution in [1.82, 2.24) is 4.90 Å². The zero-order chi connectivity index (χ0) is 24.2. The average molecular weight is 481 g/mol. The van der Waals surface area contributed by atoms with Gasteiger partial charge >= 0.3 is 6.18 Å². The Balaban J connectivity index is 1.89. The number of aliphatic carboxylic acids is 1. The highest BCUT2D eigenvalue weighted by Crippen LogP contribution is 2.34. The number of carboxylic acid groups (broad SMARTS) is 1. The van der Waals surface area contributed by atoms with E-state index < -0.39 is 28.9 Å². The lowest BCUT2D eigenvalue weighted by atomic mass is 10.1. The normalized spacial score (nSPS) is 17.8. The number of halogens is 3. The predicted octanol–water partition coefficient (Wildman–Crippen LogP) is 3.04. The van der Waals surface area contributed by atoms with Crippen LogP contribution >= 0.6 is 11.8 Å². The molecule has 0 unspecified atom stereocenters. The summed E-state index contributed by atoms with van der Waals surface area (Å²) in [6.07, 6.45) is -4.50. The fourth-order valence-electron chi connectivity index (χ4n) is 3.19. The van der Waals surface area contributed by atoms with Gasteiger partial charge in [-0.1, -0.05) is 23.9 Å². The zero-order valence-corrected chi connectivity index (χ0v) is 18.5. The first-order valence-corrected chi connectivity index (χ1v) is 10.6. The summed E-state index contributed by atoms with van der Waals surface area (Å²) >= 11 is 0.776. The number of methoxy groups -OCH3 is 2. The summed E-state index contributed by atoms with van der Waals surface area (Å²) in [6, 6.07) is 9.54. The number of hydrogen-bond acceptors (Lipinski definition) is 7. The minimum atomic E-state index is -4.56. The maximum absolute atomic E-state index is 13.1. The van der Waals surface area contributed by atoms with Crippen LogP contribution in [0.1, 0.15) is 17.5 Å². The van der Waals surface area contributed by atoms with Crippen LogP contribution in [0.3, 0.4) is 0 Å². The molecule has 0 spiro atoms. The highest BCUT2D eigenvalue weighted by atomic mass is 32.2. The predicted molar refractivity (Wildman–Crippen MR) is 115 cm³/mol. The Bertz CT molecular complexity index is 1070. The fourth-order valence-corrected chi connectivity index (χ4v) is 4.24. The lowest BCUT2D eigenvalue weighted by molar-refractivity contribution is -0.304. The molecule has 33 heavy (non-hydrogen) atoms. The number of ether oxygens (including phenoxy) is 2. The van der Waals surface area contributed by atoms with Gasteiger partial charge in [-0.3, -0.25) is 9.69 Å². The van der Waals surface area contributed by atoms with Gasteiger partial charge in [0.1, 0.15) is 0 Å². The van der Waals surface area contributed by atoms with E-state index in [1.54, 1.807) is 18.2 Å². The first-order valence-electron chi connectivity index (χ1n) is 9.77. The Labute approximate surface area is 192 Å². The van der Waals surface area contributed by atoms with E-state index in [1.807, 2.05) is 0 Å². The molecule has 176 valence electrons. The molecule has 0 aromatic heterocycles. The van der Waals surface area contributed by atoms with Crippen LogP contribution in [0.5, 0.6) is 11.5 Å². The fraction of sp³-hybridized carbons (Fsp3) is 0.318. The number of thioether (sulfide) groups is 1. The van der Waals surface area contributed by atoms with Crippen LogP contribution in [0.15, 0.2) is 47.5 Å². The molecule has 0 bridgehead atoms. The molecule has 2 aromatic carbocycles. The lowest BCUT2D eigenvalue weighted by Crippen LogP contribution is -2.48. The van der Waals surface area contributed by atoms with Crippen molar-refractivity contribution in [2.24, 2.45) is 4.99 Å². The van der Waals surface area contributed by atoms with Crippen LogP contribution in [0, 0.1) is 0 Å². The first kappa shape index (κ1) is 24.4. The molecular formula is C22H20F3N2O5S-. The van der Waals surface area contributed by atoms with Gasteiger partial charge in [0, 0.05) is 13.0 Å². The number of alkyl halides is 3. The quantitative estimate of drug-likeness (QED) is 0.604. The van der Waals surface area contributed by atoms with Crippen LogP contribution in [-0.4, -0.2) is 48.0 Å². The third-order valence-electron chi connectivity index (χ3n) is 4.87. The number of carbonyl (C=O) groups excluding carboxylic acids is 2. The van der Waals surface area contributed by atoms with Crippen molar-refractivity contribution in [3.05, 3.63) is 53.6 Å². The minimum absolute atomic E-state index is 0.000233. The number of amidine groups is 1. The number of benzene rings is 2. The monoisotopic (exact) mass is 481 g/mol. The maximum Gasteiger partial charge on any atom is 0.416 e. The topological polar surface area (TPSA) is 91.3 Å². The number of carboxylic acids is 1. The van der Waals surface area contributed by atoms with Crippen molar-refractivity contribution in [3.8, 4) is 11.5 Å². The molecule has 2 aromatic rings. The van der Waals surface area contributed by atoms with Gasteiger partial charge in [0.25, 0.3) is 0 Å². The Kier molecular flexibility index (Phi) is 7.52. The molecule has 1 saturated heterocycles. The van der Waals surface area contributed by atoms with Crippen molar-refractivity contribution in [2.45, 2.75) is 24.3 Å². The summed E-state index contributed by atoms with van der Waals surface area (Å²) in [5.41, 5.74) is -0.133. The highest BCUT2D eigenvalue weighted by molar-refractivity contribution is 8.15. The van der Waals surface area contributed by atoms with E-state index >= 15 is 0 Å². The second-order valence-electron chi connectivity index (χ2n) is 7.06. The van der Waals surface area contributed by atoms with Crippen molar-refractivity contribution in [1.29, 1.82) is 0 Å². The van der Waals surface area contributed by atoms with E-state index in [0.29, 0.717) is 17.9 Å². The van der Waals surface area contributed by atoms with Gasteiger partial charge in [-0.05, 0) is 42.3 Å². The van der Waals surface area contributed by atoms with E-state index in [2.05, 4.69) is 4.99 Å². The van der Waals surface area contributed by atoms with Gasteiger partial charge in [0.05, 0.1) is 36.7 Å². The van der Waals surface area contributed by atoms with E-state index in [1.165, 1.54) is 31.3 Å². The van der Waals surface area contributed by atoms with Gasteiger partial charge in [-0.15, -0.1) is 0 Å². The highest BCUT2D eigenvalue weighted by Gasteiger charge is 2.33. The molecule has 1 aliphatic heterocycles. The number of rotatable bonds is 7. The average Bonchev–Trinajstić information content (AvgIpc) is 2.77. The second kappa shape index (κ2) is 10.2. The minimum Gasteiger partial charge on any atom is -0.549 e. The van der Waals surface area contributed by atoms with Gasteiger partial charge in [-0.2, -0.15) is 13.2 Å². The van der Waals surface area contributed by atoms with E-state index in [4.69, 9.17) is 9.47 Å². The van der Waals surface area contributed by atoms with E-state index in [9.17, 15) is 27.9 Å². The Morgan fingerprint density at radius 2 is 1.91 bits per heavy atom. The molecule has 7 nitrogen and oxygen atoms in total. The standard InChI is InChI=1S/C22H21F3N2O5S/c1-31-16-7-6-13(10-17(16)32-2)8-9-27-19(28)12-18(20(29)30)33-21(27)26-15-5-3-4-14(11-15)22(23,24)25/h3-7,10-11,18H,8-9,12H2,1-2H3,(H,29,30)/p-1/t18-/m0/s1. The largest absolute Gasteiger partial charge is 0.549 e. The van der Waals surface area contributed by atoms with Crippen molar-refractivity contribution in [3.63, 3.8) is 0 Å². The third-order valence-corrected chi connectivity index (χ3v) is 6.04. The first-order chi connectivity index (χ1) is 15.6. The number of amides is 1. The Morgan fingerprint density at radius 1 is 1.18 bits per heavy atom. The van der Waals surface area contributed by atoms with Gasteiger partial charge in [-0.25, -0.2) is 4.99 Å². The van der Waals surface area contributed by atoms with Crippen LogP contribution < -0.4 is 14.6 Å². The molecule has 1 heterocycles. The summed E-state index contributed by atoms with van der Waals surface area (Å²) < 4.78 is 49.6.